The number of nitro benzene ring substituents is 2. The minimum Gasteiger partial charge on any atom is -0.258 e. The van der Waals surface area contributed by atoms with Crippen LogP contribution in [0.3, 0.4) is 0 Å². The maximum absolute atomic E-state index is 11.1. The molecule has 0 saturated heterocycles. The summed E-state index contributed by atoms with van der Waals surface area (Å²) >= 11 is 6.60. The quantitative estimate of drug-likeness (QED) is 0.359. The molecule has 3 aromatic rings. The van der Waals surface area contributed by atoms with Gasteiger partial charge in [0, 0.05) is 24.1 Å². The fourth-order valence-corrected chi connectivity index (χ4v) is 3.70. The highest BCUT2D eigenvalue weighted by molar-refractivity contribution is 6.34. The molecule has 0 heterocycles. The van der Waals surface area contributed by atoms with Crippen LogP contribution < -0.4 is 0 Å². The summed E-state index contributed by atoms with van der Waals surface area (Å²) in [5, 5.41) is 22.7. The number of benzene rings is 3. The number of rotatable bonds is 3. The van der Waals surface area contributed by atoms with E-state index in [0.29, 0.717) is 22.6 Å². The molecule has 7 heteroatoms. The van der Waals surface area contributed by atoms with Crippen LogP contribution in [0.4, 0.5) is 11.4 Å². The monoisotopic (exact) mass is 366 g/mol. The van der Waals surface area contributed by atoms with Gasteiger partial charge in [-0.1, -0.05) is 48.0 Å². The predicted octanol–water partition coefficient (Wildman–Crippen LogP) is 5.39. The first-order valence-electron chi connectivity index (χ1n) is 7.79. The van der Waals surface area contributed by atoms with Crippen molar-refractivity contribution < 1.29 is 9.85 Å². The lowest BCUT2D eigenvalue weighted by Crippen LogP contribution is -1.95. The van der Waals surface area contributed by atoms with Crippen molar-refractivity contribution in [2.24, 2.45) is 0 Å². The van der Waals surface area contributed by atoms with Crippen molar-refractivity contribution in [2.75, 3.05) is 0 Å². The zero-order chi connectivity index (χ0) is 18.4. The number of halogens is 1. The molecule has 0 amide bonds. The summed E-state index contributed by atoms with van der Waals surface area (Å²) < 4.78 is 0. The van der Waals surface area contributed by atoms with E-state index in [1.54, 1.807) is 6.07 Å². The van der Waals surface area contributed by atoms with Crippen LogP contribution in [0.15, 0.2) is 54.6 Å². The average molecular weight is 367 g/mol. The van der Waals surface area contributed by atoms with Crippen molar-refractivity contribution in [3.05, 3.63) is 91.0 Å². The highest BCUT2D eigenvalue weighted by atomic mass is 35.5. The standard InChI is InChI=1S/C19H11ClN2O4/c20-19-16(12-7-13(21(23)24)10-14(8-12)22(25)26)5-6-17-15-4-2-1-3-11(15)9-18(17)19/h1-8,10H,9H2. The largest absolute Gasteiger partial charge is 0.276 e. The number of nitrogens with zero attached hydrogens (tertiary/aromatic N) is 2. The van der Waals surface area contributed by atoms with E-state index in [1.807, 2.05) is 30.3 Å². The molecule has 0 aliphatic heterocycles. The predicted molar refractivity (Wildman–Crippen MR) is 98.4 cm³/mol. The van der Waals surface area contributed by atoms with Gasteiger partial charge in [-0.05, 0) is 27.8 Å². The molecule has 3 aromatic carbocycles. The van der Waals surface area contributed by atoms with Gasteiger partial charge in [0.1, 0.15) is 0 Å². The topological polar surface area (TPSA) is 86.3 Å². The van der Waals surface area contributed by atoms with Crippen molar-refractivity contribution in [3.63, 3.8) is 0 Å². The van der Waals surface area contributed by atoms with Crippen molar-refractivity contribution in [2.45, 2.75) is 6.42 Å². The third-order valence-electron chi connectivity index (χ3n) is 4.55. The third-order valence-corrected chi connectivity index (χ3v) is 4.98. The third kappa shape index (κ3) is 2.51. The van der Waals surface area contributed by atoms with Gasteiger partial charge in [0.2, 0.25) is 0 Å². The second kappa shape index (κ2) is 5.93. The zero-order valence-corrected chi connectivity index (χ0v) is 14.1. The second-order valence-corrected chi connectivity index (χ2v) is 6.42. The minimum atomic E-state index is -0.645. The van der Waals surface area contributed by atoms with Crippen LogP contribution in [-0.4, -0.2) is 9.85 Å². The molecule has 128 valence electrons. The van der Waals surface area contributed by atoms with E-state index in [4.69, 9.17) is 11.6 Å². The lowest BCUT2D eigenvalue weighted by molar-refractivity contribution is -0.394. The summed E-state index contributed by atoms with van der Waals surface area (Å²) in [7, 11) is 0. The Hall–Kier alpha value is -3.25. The molecule has 0 bridgehead atoms. The van der Waals surface area contributed by atoms with Crippen LogP contribution in [-0.2, 0) is 6.42 Å². The first kappa shape index (κ1) is 16.2. The molecule has 0 fully saturated rings. The molecule has 6 nitrogen and oxygen atoms in total. The molecule has 0 radical (unpaired) electrons. The number of fused-ring (bicyclic) bond motifs is 3. The molecule has 0 saturated carbocycles. The highest BCUT2D eigenvalue weighted by Crippen LogP contribution is 2.44. The van der Waals surface area contributed by atoms with E-state index in [0.717, 1.165) is 28.3 Å². The van der Waals surface area contributed by atoms with Gasteiger partial charge in [0.15, 0.2) is 0 Å². The normalized spacial score (nSPS) is 11.7. The molecule has 0 spiro atoms. The SMILES string of the molecule is O=[N+]([O-])c1cc(-c2ccc3c(c2Cl)Cc2ccccc2-3)cc([N+](=O)[O-])c1. The van der Waals surface area contributed by atoms with Crippen molar-refractivity contribution in [1.29, 1.82) is 0 Å². The molecule has 1 aliphatic rings. The maximum atomic E-state index is 11.1. The van der Waals surface area contributed by atoms with E-state index in [-0.39, 0.29) is 11.4 Å². The number of nitro groups is 2. The summed E-state index contributed by atoms with van der Waals surface area (Å²) in [5.74, 6) is 0. The van der Waals surface area contributed by atoms with Gasteiger partial charge in [0.25, 0.3) is 11.4 Å². The van der Waals surface area contributed by atoms with Crippen LogP contribution in [0.25, 0.3) is 22.3 Å². The lowest BCUT2D eigenvalue weighted by Gasteiger charge is -2.10. The Balaban J connectivity index is 1.89. The second-order valence-electron chi connectivity index (χ2n) is 6.04. The number of non-ortho nitro benzene ring substituents is 2. The summed E-state index contributed by atoms with van der Waals surface area (Å²) in [5.41, 5.74) is 4.45. The molecule has 4 rings (SSSR count). The molecule has 0 unspecified atom stereocenters. The maximum Gasteiger partial charge on any atom is 0.276 e. The Bertz CT molecular complexity index is 1060. The summed E-state index contributed by atoms with van der Waals surface area (Å²) in [6, 6.07) is 15.2. The van der Waals surface area contributed by atoms with Gasteiger partial charge >= 0.3 is 0 Å². The molecule has 1 aliphatic carbocycles. The molecule has 26 heavy (non-hydrogen) atoms. The van der Waals surface area contributed by atoms with Crippen molar-refractivity contribution in [3.8, 4) is 22.3 Å². The van der Waals surface area contributed by atoms with Crippen molar-refractivity contribution in [1.82, 2.24) is 0 Å². The smallest absolute Gasteiger partial charge is 0.258 e. The van der Waals surface area contributed by atoms with Gasteiger partial charge in [-0.2, -0.15) is 0 Å². The van der Waals surface area contributed by atoms with Gasteiger partial charge in [0.05, 0.1) is 20.9 Å². The molecular weight excluding hydrogens is 356 g/mol. The van der Waals surface area contributed by atoms with E-state index in [9.17, 15) is 20.2 Å². The summed E-state index contributed by atoms with van der Waals surface area (Å²) in [6.07, 6.45) is 0.662. The minimum absolute atomic E-state index is 0.339. The van der Waals surface area contributed by atoms with Crippen LogP contribution >= 0.6 is 11.6 Å². The Kier molecular flexibility index (Phi) is 3.70. The van der Waals surface area contributed by atoms with Crippen LogP contribution in [0.2, 0.25) is 5.02 Å². The van der Waals surface area contributed by atoms with Gasteiger partial charge in [-0.25, -0.2) is 0 Å². The van der Waals surface area contributed by atoms with Gasteiger partial charge in [-0.3, -0.25) is 20.2 Å². The summed E-state index contributed by atoms with van der Waals surface area (Å²) in [4.78, 5) is 21.0. The zero-order valence-electron chi connectivity index (χ0n) is 13.3. The van der Waals surface area contributed by atoms with Crippen LogP contribution in [0, 0.1) is 20.2 Å². The Morgan fingerprint density at radius 1 is 0.808 bits per heavy atom. The van der Waals surface area contributed by atoms with E-state index < -0.39 is 9.85 Å². The van der Waals surface area contributed by atoms with E-state index in [1.165, 1.54) is 12.1 Å². The van der Waals surface area contributed by atoms with E-state index >= 15 is 0 Å². The summed E-state index contributed by atoms with van der Waals surface area (Å²) in [6.45, 7) is 0. The molecule has 0 N–H and O–H groups in total. The molecule has 0 aromatic heterocycles. The van der Waals surface area contributed by atoms with Gasteiger partial charge in [-0.15, -0.1) is 0 Å². The first-order valence-corrected chi connectivity index (χ1v) is 8.17. The lowest BCUT2D eigenvalue weighted by atomic mass is 9.98. The number of hydrogen-bond acceptors (Lipinski definition) is 4. The molecular formula is C19H11ClN2O4. The Labute approximate surface area is 153 Å². The first-order chi connectivity index (χ1) is 12.5. The number of hydrogen-bond donors (Lipinski definition) is 0. The average Bonchev–Trinajstić information content (AvgIpc) is 3.01. The van der Waals surface area contributed by atoms with Crippen LogP contribution in [0.5, 0.6) is 0 Å². The Morgan fingerprint density at radius 3 is 2.08 bits per heavy atom. The Morgan fingerprint density at radius 2 is 1.42 bits per heavy atom. The van der Waals surface area contributed by atoms with E-state index in [2.05, 4.69) is 0 Å². The fourth-order valence-electron chi connectivity index (χ4n) is 3.36. The van der Waals surface area contributed by atoms with Crippen LogP contribution in [0.1, 0.15) is 11.1 Å². The molecule has 0 atom stereocenters. The van der Waals surface area contributed by atoms with Crippen molar-refractivity contribution >= 4 is 23.0 Å². The fraction of sp³-hybridized carbons (Fsp3) is 0.0526. The van der Waals surface area contributed by atoms with Gasteiger partial charge < -0.3 is 0 Å². The highest BCUT2D eigenvalue weighted by Gasteiger charge is 2.24.